The van der Waals surface area contributed by atoms with Gasteiger partial charge in [-0.3, -0.25) is 4.79 Å². The molecule has 0 saturated carbocycles. The molecule has 0 fully saturated rings. The topological polar surface area (TPSA) is 26.3 Å². The first-order valence-corrected chi connectivity index (χ1v) is 6.34. The van der Waals surface area contributed by atoms with Gasteiger partial charge in [-0.05, 0) is 23.6 Å². The molecule has 2 aromatic rings. The molecular weight excluding hydrogens is 236 g/mol. The third kappa shape index (κ3) is 3.02. The lowest BCUT2D eigenvalue weighted by molar-refractivity contribution is 0.112. The average molecular weight is 254 g/mol. The van der Waals surface area contributed by atoms with Crippen LogP contribution in [0.2, 0.25) is 0 Å². The summed E-state index contributed by atoms with van der Waals surface area (Å²) in [6.07, 6.45) is 0.815. The molecule has 2 aromatic carbocycles. The van der Waals surface area contributed by atoms with E-state index in [1.807, 2.05) is 36.4 Å². The molecular formula is C17H18O2. The first-order valence-electron chi connectivity index (χ1n) is 6.34. The third-order valence-corrected chi connectivity index (χ3v) is 2.96. The number of rotatable bonds is 3. The Morgan fingerprint density at radius 1 is 0.895 bits per heavy atom. The molecule has 19 heavy (non-hydrogen) atoms. The summed E-state index contributed by atoms with van der Waals surface area (Å²) in [6, 6.07) is 15.2. The molecule has 0 heterocycles. The quantitative estimate of drug-likeness (QED) is 0.749. The normalized spacial score (nSPS) is 11.1. The predicted molar refractivity (Wildman–Crippen MR) is 77.0 cm³/mol. The second-order valence-corrected chi connectivity index (χ2v) is 5.50. The van der Waals surface area contributed by atoms with Gasteiger partial charge in [0, 0.05) is 5.56 Å². The summed E-state index contributed by atoms with van der Waals surface area (Å²) in [7, 11) is 0. The zero-order valence-corrected chi connectivity index (χ0v) is 11.5. The Morgan fingerprint density at radius 3 is 2.11 bits per heavy atom. The molecule has 0 amide bonds. The molecule has 0 radical (unpaired) electrons. The third-order valence-electron chi connectivity index (χ3n) is 2.96. The minimum atomic E-state index is -0.00723. The summed E-state index contributed by atoms with van der Waals surface area (Å²) in [5.41, 5.74) is 1.68. The molecule has 0 N–H and O–H groups in total. The van der Waals surface area contributed by atoms with Gasteiger partial charge in [0.1, 0.15) is 11.5 Å². The maximum atomic E-state index is 11.0. The van der Waals surface area contributed by atoms with Crippen LogP contribution in [0.4, 0.5) is 0 Å². The summed E-state index contributed by atoms with van der Waals surface area (Å²) in [5, 5.41) is 0. The lowest BCUT2D eigenvalue weighted by Crippen LogP contribution is -2.12. The maximum absolute atomic E-state index is 11.0. The van der Waals surface area contributed by atoms with E-state index >= 15 is 0 Å². The van der Waals surface area contributed by atoms with Crippen LogP contribution in [0, 0.1) is 0 Å². The van der Waals surface area contributed by atoms with Crippen LogP contribution in [-0.4, -0.2) is 6.29 Å². The molecule has 0 aliphatic heterocycles. The minimum Gasteiger partial charge on any atom is -0.456 e. The van der Waals surface area contributed by atoms with Crippen molar-refractivity contribution in [3.05, 3.63) is 59.7 Å². The van der Waals surface area contributed by atoms with Crippen LogP contribution in [0.1, 0.15) is 36.7 Å². The lowest BCUT2D eigenvalue weighted by Gasteiger charge is -2.22. The molecule has 0 aliphatic rings. The van der Waals surface area contributed by atoms with Crippen LogP contribution in [0.25, 0.3) is 0 Å². The van der Waals surface area contributed by atoms with E-state index in [0.717, 1.165) is 17.6 Å². The molecule has 0 unspecified atom stereocenters. The van der Waals surface area contributed by atoms with Gasteiger partial charge in [0.25, 0.3) is 0 Å². The number of para-hydroxylation sites is 2. The van der Waals surface area contributed by atoms with Crippen LogP contribution in [0.15, 0.2) is 48.5 Å². The maximum Gasteiger partial charge on any atom is 0.153 e. The van der Waals surface area contributed by atoms with Gasteiger partial charge in [-0.15, -0.1) is 0 Å². The minimum absolute atomic E-state index is 0.00723. The van der Waals surface area contributed by atoms with E-state index in [4.69, 9.17) is 4.74 Å². The summed E-state index contributed by atoms with van der Waals surface area (Å²) >= 11 is 0. The second-order valence-electron chi connectivity index (χ2n) is 5.50. The second kappa shape index (κ2) is 5.27. The van der Waals surface area contributed by atoms with E-state index in [0.29, 0.717) is 11.3 Å². The zero-order valence-electron chi connectivity index (χ0n) is 11.5. The Bertz CT molecular complexity index is 580. The summed E-state index contributed by atoms with van der Waals surface area (Å²) in [6.45, 7) is 6.42. The van der Waals surface area contributed by atoms with E-state index < -0.39 is 0 Å². The highest BCUT2D eigenvalue weighted by atomic mass is 16.5. The van der Waals surface area contributed by atoms with Crippen molar-refractivity contribution in [1.29, 1.82) is 0 Å². The zero-order chi connectivity index (χ0) is 13.9. The number of carbonyl (C=O) groups excluding carboxylic acids is 1. The van der Waals surface area contributed by atoms with Gasteiger partial charge in [-0.1, -0.05) is 51.1 Å². The first kappa shape index (κ1) is 13.3. The van der Waals surface area contributed by atoms with E-state index in [2.05, 4.69) is 26.8 Å². The van der Waals surface area contributed by atoms with Crippen molar-refractivity contribution in [2.45, 2.75) is 26.2 Å². The highest BCUT2D eigenvalue weighted by Gasteiger charge is 2.19. The van der Waals surface area contributed by atoms with Gasteiger partial charge in [0.15, 0.2) is 6.29 Å². The van der Waals surface area contributed by atoms with Crippen molar-refractivity contribution in [2.24, 2.45) is 0 Å². The number of carbonyl (C=O) groups is 1. The van der Waals surface area contributed by atoms with Crippen molar-refractivity contribution in [3.8, 4) is 11.5 Å². The molecule has 2 rings (SSSR count). The molecule has 0 atom stereocenters. The molecule has 0 bridgehead atoms. The Hall–Kier alpha value is -2.09. The smallest absolute Gasteiger partial charge is 0.153 e. The lowest BCUT2D eigenvalue weighted by atomic mass is 9.86. The molecule has 98 valence electrons. The van der Waals surface area contributed by atoms with E-state index in [1.165, 1.54) is 0 Å². The summed E-state index contributed by atoms with van der Waals surface area (Å²) < 4.78 is 5.93. The molecule has 0 saturated heterocycles. The molecule has 2 heteroatoms. The van der Waals surface area contributed by atoms with Crippen LogP contribution < -0.4 is 4.74 Å². The molecule has 0 aromatic heterocycles. The van der Waals surface area contributed by atoms with Crippen LogP contribution in [0.3, 0.4) is 0 Å². The number of aldehydes is 1. The van der Waals surface area contributed by atoms with Crippen LogP contribution >= 0.6 is 0 Å². The van der Waals surface area contributed by atoms with Crippen molar-refractivity contribution in [3.63, 3.8) is 0 Å². The van der Waals surface area contributed by atoms with E-state index in [9.17, 15) is 4.79 Å². The van der Waals surface area contributed by atoms with Crippen LogP contribution in [-0.2, 0) is 5.41 Å². The van der Waals surface area contributed by atoms with Gasteiger partial charge in [0.2, 0.25) is 0 Å². The molecule has 0 aliphatic carbocycles. The number of benzene rings is 2. The number of hydrogen-bond donors (Lipinski definition) is 0. The van der Waals surface area contributed by atoms with Gasteiger partial charge in [-0.2, -0.15) is 0 Å². The first-order chi connectivity index (χ1) is 9.02. The SMILES string of the molecule is CC(C)(C)c1ccccc1Oc1ccccc1C=O. The van der Waals surface area contributed by atoms with Crippen molar-refractivity contribution >= 4 is 6.29 Å². The standard InChI is InChI=1S/C17H18O2/c1-17(2,3)14-9-5-7-11-16(14)19-15-10-6-4-8-13(15)12-18/h4-12H,1-3H3. The fourth-order valence-electron chi connectivity index (χ4n) is 1.96. The largest absolute Gasteiger partial charge is 0.456 e. The van der Waals surface area contributed by atoms with Gasteiger partial charge in [-0.25, -0.2) is 0 Å². The Kier molecular flexibility index (Phi) is 3.70. The fraction of sp³-hybridized carbons (Fsp3) is 0.235. The fourth-order valence-corrected chi connectivity index (χ4v) is 1.96. The number of ether oxygens (including phenoxy) is 1. The highest BCUT2D eigenvalue weighted by molar-refractivity contribution is 5.79. The Morgan fingerprint density at radius 2 is 1.47 bits per heavy atom. The Balaban J connectivity index is 2.42. The van der Waals surface area contributed by atoms with Gasteiger partial charge in [0.05, 0.1) is 5.56 Å². The molecule has 2 nitrogen and oxygen atoms in total. The van der Waals surface area contributed by atoms with E-state index in [-0.39, 0.29) is 5.41 Å². The van der Waals surface area contributed by atoms with Gasteiger partial charge >= 0.3 is 0 Å². The van der Waals surface area contributed by atoms with E-state index in [1.54, 1.807) is 6.07 Å². The van der Waals surface area contributed by atoms with Gasteiger partial charge < -0.3 is 4.74 Å². The van der Waals surface area contributed by atoms with Crippen molar-refractivity contribution in [1.82, 2.24) is 0 Å². The average Bonchev–Trinajstić information content (AvgIpc) is 2.39. The summed E-state index contributed by atoms with van der Waals surface area (Å²) in [4.78, 5) is 11.0. The monoisotopic (exact) mass is 254 g/mol. The predicted octanol–water partition coefficient (Wildman–Crippen LogP) is 4.59. The summed E-state index contributed by atoms with van der Waals surface area (Å²) in [5.74, 6) is 1.39. The van der Waals surface area contributed by atoms with Crippen molar-refractivity contribution in [2.75, 3.05) is 0 Å². The molecule has 0 spiro atoms. The number of hydrogen-bond acceptors (Lipinski definition) is 2. The highest BCUT2D eigenvalue weighted by Crippen LogP contribution is 2.34. The Labute approximate surface area is 114 Å². The van der Waals surface area contributed by atoms with Crippen molar-refractivity contribution < 1.29 is 9.53 Å². The van der Waals surface area contributed by atoms with Crippen LogP contribution in [0.5, 0.6) is 11.5 Å².